The Labute approximate surface area is 105 Å². The van der Waals surface area contributed by atoms with E-state index in [9.17, 15) is 8.42 Å². The van der Waals surface area contributed by atoms with E-state index in [1.54, 1.807) is 42.6 Å². The molecule has 2 aromatic rings. The lowest BCUT2D eigenvalue weighted by molar-refractivity contribution is 0.341. The predicted octanol–water partition coefficient (Wildman–Crippen LogP) is 1.82. The molecule has 6 heteroatoms. The summed E-state index contributed by atoms with van der Waals surface area (Å²) in [5.41, 5.74) is 0.515. The van der Waals surface area contributed by atoms with Gasteiger partial charge in [0.2, 0.25) is 0 Å². The highest BCUT2D eigenvalue weighted by atomic mass is 32.2. The van der Waals surface area contributed by atoms with Crippen molar-refractivity contribution >= 4 is 16.3 Å². The number of nitrogens with zero attached hydrogens (tertiary/aromatic N) is 2. The highest BCUT2D eigenvalue weighted by Gasteiger charge is 2.14. The summed E-state index contributed by atoms with van der Waals surface area (Å²) >= 11 is 0. The third-order valence-corrected chi connectivity index (χ3v) is 3.18. The van der Waals surface area contributed by atoms with Crippen LogP contribution in [0.4, 0.5) is 0 Å². The van der Waals surface area contributed by atoms with Crippen LogP contribution in [-0.4, -0.2) is 19.6 Å². The van der Waals surface area contributed by atoms with Gasteiger partial charge in [-0.25, -0.2) is 0 Å². The van der Waals surface area contributed by atoms with Crippen molar-refractivity contribution in [3.05, 3.63) is 60.4 Å². The molecule has 0 aliphatic rings. The second-order valence-corrected chi connectivity index (χ2v) is 4.86. The van der Waals surface area contributed by atoms with Crippen molar-refractivity contribution in [1.82, 2.24) is 4.98 Å². The zero-order valence-corrected chi connectivity index (χ0v) is 10.1. The molecule has 2 rings (SSSR count). The summed E-state index contributed by atoms with van der Waals surface area (Å²) in [4.78, 5) is 4.01. The van der Waals surface area contributed by atoms with Crippen molar-refractivity contribution in [3.63, 3.8) is 0 Å². The van der Waals surface area contributed by atoms with Crippen molar-refractivity contribution in [2.24, 2.45) is 5.16 Å². The standard InChI is InChI=1S/C12H10N2O3S/c15-18(16,12-7-2-1-3-8-12)17-14-10-11-6-4-5-9-13-11/h1-10H/b14-10+. The fourth-order valence-electron chi connectivity index (χ4n) is 1.21. The lowest BCUT2D eigenvalue weighted by Gasteiger charge is -1.99. The van der Waals surface area contributed by atoms with Gasteiger partial charge in [0, 0.05) is 6.20 Å². The largest absolute Gasteiger partial charge is 0.358 e. The van der Waals surface area contributed by atoms with E-state index in [-0.39, 0.29) is 4.90 Å². The zero-order chi connectivity index (χ0) is 12.8. The summed E-state index contributed by atoms with van der Waals surface area (Å²) in [5, 5.41) is 3.41. The molecule has 0 N–H and O–H groups in total. The van der Waals surface area contributed by atoms with Crippen LogP contribution in [0, 0.1) is 0 Å². The molecule has 0 atom stereocenters. The van der Waals surface area contributed by atoms with Crippen LogP contribution in [0.15, 0.2) is 64.8 Å². The van der Waals surface area contributed by atoms with E-state index in [0.29, 0.717) is 5.69 Å². The van der Waals surface area contributed by atoms with E-state index in [1.165, 1.54) is 18.3 Å². The van der Waals surface area contributed by atoms with Crippen LogP contribution in [0.1, 0.15) is 5.69 Å². The zero-order valence-electron chi connectivity index (χ0n) is 9.30. The number of hydrogen-bond donors (Lipinski definition) is 0. The quantitative estimate of drug-likeness (QED) is 0.622. The van der Waals surface area contributed by atoms with E-state index in [1.807, 2.05) is 0 Å². The second-order valence-electron chi connectivity index (χ2n) is 3.33. The highest BCUT2D eigenvalue weighted by molar-refractivity contribution is 7.86. The van der Waals surface area contributed by atoms with Gasteiger partial charge in [-0.15, -0.1) is 0 Å². The minimum atomic E-state index is -3.86. The number of aromatic nitrogens is 1. The molecule has 1 aromatic heterocycles. The average Bonchev–Trinajstić information content (AvgIpc) is 2.41. The molecule has 0 unspecified atom stereocenters. The molecule has 92 valence electrons. The number of rotatable bonds is 4. The van der Waals surface area contributed by atoms with Gasteiger partial charge in [0.25, 0.3) is 0 Å². The van der Waals surface area contributed by atoms with Crippen LogP contribution in [-0.2, 0) is 14.4 Å². The van der Waals surface area contributed by atoms with Gasteiger partial charge >= 0.3 is 10.1 Å². The summed E-state index contributed by atoms with van der Waals surface area (Å²) in [6.45, 7) is 0. The predicted molar refractivity (Wildman–Crippen MR) is 66.5 cm³/mol. The SMILES string of the molecule is O=S(=O)(O/N=C/c1ccccn1)c1ccccc1. The molecule has 1 aromatic carbocycles. The molecule has 18 heavy (non-hydrogen) atoms. The van der Waals surface area contributed by atoms with Gasteiger partial charge in [-0.05, 0) is 24.3 Å². The average molecular weight is 262 g/mol. The summed E-state index contributed by atoms with van der Waals surface area (Å²) < 4.78 is 27.9. The summed E-state index contributed by atoms with van der Waals surface area (Å²) in [6, 6.07) is 13.0. The number of pyridine rings is 1. The molecule has 5 nitrogen and oxygen atoms in total. The Kier molecular flexibility index (Phi) is 3.69. The summed E-state index contributed by atoms with van der Waals surface area (Å²) in [7, 11) is -3.86. The van der Waals surface area contributed by atoms with Crippen molar-refractivity contribution in [2.45, 2.75) is 4.90 Å². The van der Waals surface area contributed by atoms with Gasteiger partial charge in [0.15, 0.2) is 0 Å². The fourth-order valence-corrected chi connectivity index (χ4v) is 1.95. The molecule has 0 amide bonds. The Bertz CT molecular complexity index is 625. The van der Waals surface area contributed by atoms with E-state index >= 15 is 0 Å². The minimum Gasteiger partial charge on any atom is -0.265 e. The smallest absolute Gasteiger partial charge is 0.265 e. The molecule has 0 saturated carbocycles. The van der Waals surface area contributed by atoms with Gasteiger partial charge in [0.1, 0.15) is 4.90 Å². The first-order valence-electron chi connectivity index (χ1n) is 5.11. The first-order valence-corrected chi connectivity index (χ1v) is 6.52. The molecular weight excluding hydrogens is 252 g/mol. The monoisotopic (exact) mass is 262 g/mol. The maximum absolute atomic E-state index is 11.7. The third-order valence-electron chi connectivity index (χ3n) is 2.05. The van der Waals surface area contributed by atoms with Crippen LogP contribution >= 0.6 is 0 Å². The third kappa shape index (κ3) is 3.14. The molecule has 0 bridgehead atoms. The van der Waals surface area contributed by atoms with Crippen molar-refractivity contribution in [1.29, 1.82) is 0 Å². The Hall–Kier alpha value is -2.21. The van der Waals surface area contributed by atoms with Crippen molar-refractivity contribution in [2.75, 3.05) is 0 Å². The Balaban J connectivity index is 2.09. The van der Waals surface area contributed by atoms with Crippen LogP contribution in [0.5, 0.6) is 0 Å². The molecule has 0 radical (unpaired) electrons. The number of hydrogen-bond acceptors (Lipinski definition) is 5. The highest BCUT2D eigenvalue weighted by Crippen LogP contribution is 2.11. The van der Waals surface area contributed by atoms with Crippen LogP contribution in [0.2, 0.25) is 0 Å². The minimum absolute atomic E-state index is 0.0585. The van der Waals surface area contributed by atoms with E-state index in [4.69, 9.17) is 0 Å². The van der Waals surface area contributed by atoms with Gasteiger partial charge in [0.05, 0.1) is 11.9 Å². The number of oxime groups is 1. The van der Waals surface area contributed by atoms with Gasteiger partial charge in [-0.2, -0.15) is 8.42 Å². The normalized spacial score (nSPS) is 11.6. The van der Waals surface area contributed by atoms with Gasteiger partial charge in [-0.3, -0.25) is 9.27 Å². The second kappa shape index (κ2) is 5.42. The lowest BCUT2D eigenvalue weighted by Crippen LogP contribution is -2.02. The van der Waals surface area contributed by atoms with Crippen LogP contribution in [0.3, 0.4) is 0 Å². The lowest BCUT2D eigenvalue weighted by atomic mass is 10.4. The first kappa shape index (κ1) is 12.3. The number of benzene rings is 1. The molecule has 0 saturated heterocycles. The summed E-state index contributed by atoms with van der Waals surface area (Å²) in [6.07, 6.45) is 2.81. The van der Waals surface area contributed by atoms with E-state index < -0.39 is 10.1 Å². The van der Waals surface area contributed by atoms with Crippen LogP contribution < -0.4 is 0 Å². The Morgan fingerprint density at radius 3 is 2.44 bits per heavy atom. The summed E-state index contributed by atoms with van der Waals surface area (Å²) in [5.74, 6) is 0. The van der Waals surface area contributed by atoms with Gasteiger partial charge in [-0.1, -0.05) is 29.4 Å². The molecule has 0 aliphatic heterocycles. The molecule has 0 fully saturated rings. The molecule has 0 aliphatic carbocycles. The molecule has 0 spiro atoms. The Morgan fingerprint density at radius 1 is 1.06 bits per heavy atom. The van der Waals surface area contributed by atoms with Crippen molar-refractivity contribution in [3.8, 4) is 0 Å². The van der Waals surface area contributed by atoms with Gasteiger partial charge < -0.3 is 0 Å². The van der Waals surface area contributed by atoms with E-state index in [0.717, 1.165) is 0 Å². The fraction of sp³-hybridized carbons (Fsp3) is 0. The van der Waals surface area contributed by atoms with E-state index in [2.05, 4.69) is 14.4 Å². The molecular formula is C12H10N2O3S. The molecule has 1 heterocycles. The van der Waals surface area contributed by atoms with Crippen LogP contribution in [0.25, 0.3) is 0 Å². The first-order chi connectivity index (χ1) is 8.68. The van der Waals surface area contributed by atoms with Crippen molar-refractivity contribution < 1.29 is 12.7 Å². The maximum atomic E-state index is 11.7. The Morgan fingerprint density at radius 2 is 1.78 bits per heavy atom. The maximum Gasteiger partial charge on any atom is 0.358 e. The topological polar surface area (TPSA) is 68.6 Å².